The van der Waals surface area contributed by atoms with Crippen molar-refractivity contribution < 1.29 is 24.4 Å². The monoisotopic (exact) mass is 429 g/mol. The SMILES string of the molecule is O=c1ccn([C@@H]2O[C@H](CO)C(O)C2O)c(=O)n1Cc1cc(-c2ccc(F)cc2)ccn1. The van der Waals surface area contributed by atoms with Gasteiger partial charge in [-0.05, 0) is 35.4 Å². The zero-order valence-electron chi connectivity index (χ0n) is 16.2. The zero-order valence-corrected chi connectivity index (χ0v) is 16.2. The van der Waals surface area contributed by atoms with E-state index in [4.69, 9.17) is 4.74 Å². The molecule has 2 unspecified atom stereocenters. The number of aliphatic hydroxyl groups excluding tert-OH is 3. The first-order valence-corrected chi connectivity index (χ1v) is 9.54. The number of ether oxygens (including phenoxy) is 1. The van der Waals surface area contributed by atoms with Gasteiger partial charge in [-0.15, -0.1) is 0 Å². The molecule has 1 aliphatic heterocycles. The van der Waals surface area contributed by atoms with Crippen molar-refractivity contribution in [2.45, 2.75) is 31.1 Å². The molecular weight excluding hydrogens is 409 g/mol. The van der Waals surface area contributed by atoms with Gasteiger partial charge in [0.2, 0.25) is 0 Å². The van der Waals surface area contributed by atoms with Crippen LogP contribution in [-0.4, -0.2) is 54.4 Å². The van der Waals surface area contributed by atoms with Crippen LogP contribution in [0.5, 0.6) is 0 Å². The normalized spacial score (nSPS) is 23.2. The molecular formula is C21H20FN3O6. The van der Waals surface area contributed by atoms with E-state index >= 15 is 0 Å². The van der Waals surface area contributed by atoms with Gasteiger partial charge >= 0.3 is 5.69 Å². The Morgan fingerprint density at radius 2 is 1.77 bits per heavy atom. The number of hydrogen-bond acceptors (Lipinski definition) is 7. The third-order valence-electron chi connectivity index (χ3n) is 5.20. The average molecular weight is 429 g/mol. The standard InChI is InChI=1S/C21H20FN3O6/c22-14-3-1-12(2-4-14)13-5-7-23-15(9-13)10-25-17(27)6-8-24(21(25)30)20-19(29)18(28)16(11-26)31-20/h1-9,16,18-20,26,28-29H,10-11H2/t16-,18?,19?,20-/m1/s1. The van der Waals surface area contributed by atoms with Crippen molar-refractivity contribution in [1.29, 1.82) is 0 Å². The van der Waals surface area contributed by atoms with Crippen molar-refractivity contribution in [2.24, 2.45) is 0 Å². The Morgan fingerprint density at radius 3 is 2.45 bits per heavy atom. The summed E-state index contributed by atoms with van der Waals surface area (Å²) in [4.78, 5) is 29.5. The van der Waals surface area contributed by atoms with Crippen molar-refractivity contribution in [1.82, 2.24) is 14.1 Å². The molecule has 1 saturated heterocycles. The molecule has 0 spiro atoms. The van der Waals surface area contributed by atoms with E-state index in [1.807, 2.05) is 0 Å². The van der Waals surface area contributed by atoms with Crippen LogP contribution in [0.2, 0.25) is 0 Å². The van der Waals surface area contributed by atoms with Crippen LogP contribution in [0.3, 0.4) is 0 Å². The van der Waals surface area contributed by atoms with Crippen LogP contribution in [0.4, 0.5) is 4.39 Å². The Balaban J connectivity index is 1.66. The van der Waals surface area contributed by atoms with Gasteiger partial charge in [-0.3, -0.25) is 18.9 Å². The Bertz CT molecular complexity index is 1190. The zero-order chi connectivity index (χ0) is 22.1. The number of benzene rings is 1. The van der Waals surface area contributed by atoms with Crippen LogP contribution in [0.25, 0.3) is 11.1 Å². The summed E-state index contributed by atoms with van der Waals surface area (Å²) >= 11 is 0. The molecule has 4 rings (SSSR count). The maximum atomic E-state index is 13.2. The maximum Gasteiger partial charge on any atom is 0.333 e. The highest BCUT2D eigenvalue weighted by atomic mass is 19.1. The smallest absolute Gasteiger partial charge is 0.333 e. The molecule has 162 valence electrons. The topological polar surface area (TPSA) is 127 Å². The van der Waals surface area contributed by atoms with Crippen LogP contribution < -0.4 is 11.2 Å². The number of nitrogens with zero attached hydrogens (tertiary/aromatic N) is 3. The summed E-state index contributed by atoms with van der Waals surface area (Å²) in [6.45, 7) is -0.689. The number of rotatable bonds is 5. The number of hydrogen-bond donors (Lipinski definition) is 3. The number of pyridine rings is 1. The van der Waals surface area contributed by atoms with Gasteiger partial charge in [-0.1, -0.05) is 12.1 Å². The maximum absolute atomic E-state index is 13.2. The lowest BCUT2D eigenvalue weighted by molar-refractivity contribution is -0.0555. The molecule has 0 amide bonds. The van der Waals surface area contributed by atoms with Gasteiger partial charge in [0.25, 0.3) is 5.56 Å². The lowest BCUT2D eigenvalue weighted by Crippen LogP contribution is -2.43. The molecule has 4 atom stereocenters. The van der Waals surface area contributed by atoms with Crippen molar-refractivity contribution in [2.75, 3.05) is 6.61 Å². The predicted octanol–water partition coefficient (Wildman–Crippen LogP) is -0.129. The van der Waals surface area contributed by atoms with Gasteiger partial charge in [0.15, 0.2) is 6.23 Å². The van der Waals surface area contributed by atoms with E-state index in [0.717, 1.165) is 26.3 Å². The molecule has 2 aromatic heterocycles. The minimum atomic E-state index is -1.46. The second-order valence-corrected chi connectivity index (χ2v) is 7.20. The van der Waals surface area contributed by atoms with Crippen molar-refractivity contribution in [3.63, 3.8) is 0 Å². The second-order valence-electron chi connectivity index (χ2n) is 7.20. The average Bonchev–Trinajstić information content (AvgIpc) is 3.06. The van der Waals surface area contributed by atoms with Gasteiger partial charge in [-0.25, -0.2) is 9.18 Å². The minimum Gasteiger partial charge on any atom is -0.394 e. The quantitative estimate of drug-likeness (QED) is 0.516. The van der Waals surface area contributed by atoms with Crippen LogP contribution >= 0.6 is 0 Å². The molecule has 0 aliphatic carbocycles. The summed E-state index contributed by atoms with van der Waals surface area (Å²) in [5.74, 6) is -0.362. The minimum absolute atomic E-state index is 0.150. The van der Waals surface area contributed by atoms with E-state index in [1.54, 1.807) is 24.3 Å². The predicted molar refractivity (Wildman–Crippen MR) is 107 cm³/mol. The lowest BCUT2D eigenvalue weighted by atomic mass is 10.1. The first kappa shape index (κ1) is 21.1. The summed E-state index contributed by atoms with van der Waals surface area (Å²) < 4.78 is 20.5. The van der Waals surface area contributed by atoms with Gasteiger partial charge in [0.05, 0.1) is 18.8 Å². The summed E-state index contributed by atoms with van der Waals surface area (Å²) in [5, 5.41) is 29.4. The van der Waals surface area contributed by atoms with E-state index in [-0.39, 0.29) is 12.4 Å². The molecule has 3 aromatic rings. The molecule has 1 fully saturated rings. The van der Waals surface area contributed by atoms with E-state index in [0.29, 0.717) is 5.69 Å². The fourth-order valence-corrected chi connectivity index (χ4v) is 3.53. The largest absolute Gasteiger partial charge is 0.394 e. The molecule has 0 bridgehead atoms. The molecule has 3 heterocycles. The molecule has 1 aliphatic rings. The van der Waals surface area contributed by atoms with E-state index in [2.05, 4.69) is 4.98 Å². The highest BCUT2D eigenvalue weighted by Gasteiger charge is 2.43. The molecule has 3 N–H and O–H groups in total. The number of aliphatic hydroxyl groups is 3. The van der Waals surface area contributed by atoms with Gasteiger partial charge in [0, 0.05) is 18.5 Å². The lowest BCUT2D eigenvalue weighted by Gasteiger charge is -2.18. The molecule has 0 saturated carbocycles. The van der Waals surface area contributed by atoms with Crippen molar-refractivity contribution >= 4 is 0 Å². The van der Waals surface area contributed by atoms with E-state index in [1.165, 1.54) is 24.5 Å². The fraction of sp³-hybridized carbons (Fsp3) is 0.286. The van der Waals surface area contributed by atoms with Crippen molar-refractivity contribution in [3.8, 4) is 11.1 Å². The van der Waals surface area contributed by atoms with Gasteiger partial charge in [-0.2, -0.15) is 0 Å². The van der Waals surface area contributed by atoms with E-state index in [9.17, 15) is 29.3 Å². The first-order valence-electron chi connectivity index (χ1n) is 9.54. The highest BCUT2D eigenvalue weighted by molar-refractivity contribution is 5.63. The van der Waals surface area contributed by atoms with Gasteiger partial charge in [0.1, 0.15) is 24.1 Å². The van der Waals surface area contributed by atoms with E-state index < -0.39 is 42.4 Å². The highest BCUT2D eigenvalue weighted by Crippen LogP contribution is 2.27. The molecule has 9 nitrogen and oxygen atoms in total. The Kier molecular flexibility index (Phi) is 5.79. The third kappa shape index (κ3) is 4.06. The summed E-state index contributed by atoms with van der Waals surface area (Å²) in [6, 6.07) is 10.4. The van der Waals surface area contributed by atoms with Crippen LogP contribution in [0.1, 0.15) is 11.9 Å². The first-order chi connectivity index (χ1) is 14.9. The fourth-order valence-electron chi connectivity index (χ4n) is 3.53. The molecule has 0 radical (unpaired) electrons. The Morgan fingerprint density at radius 1 is 1.03 bits per heavy atom. The molecule has 31 heavy (non-hydrogen) atoms. The van der Waals surface area contributed by atoms with Crippen LogP contribution in [0.15, 0.2) is 64.4 Å². The molecule has 1 aromatic carbocycles. The summed E-state index contributed by atoms with van der Waals surface area (Å²) in [5.41, 5.74) is 0.547. The Hall–Kier alpha value is -3.18. The third-order valence-corrected chi connectivity index (χ3v) is 5.20. The number of halogens is 1. The summed E-state index contributed by atoms with van der Waals surface area (Å²) in [7, 11) is 0. The van der Waals surface area contributed by atoms with Crippen LogP contribution in [-0.2, 0) is 11.3 Å². The second kappa shape index (κ2) is 8.52. The molecule has 10 heteroatoms. The van der Waals surface area contributed by atoms with Crippen LogP contribution in [0, 0.1) is 5.82 Å². The van der Waals surface area contributed by atoms with Gasteiger partial charge < -0.3 is 20.1 Å². The summed E-state index contributed by atoms with van der Waals surface area (Å²) in [6.07, 6.45) is -2.46. The van der Waals surface area contributed by atoms with Crippen molar-refractivity contribution in [3.05, 3.63) is 87.2 Å². The Labute approximate surface area is 175 Å². The number of aromatic nitrogens is 3.